The number of ether oxygens (including phenoxy) is 1. The molecule has 0 fully saturated rings. The van der Waals surface area contributed by atoms with E-state index in [2.05, 4.69) is 20.9 Å². The van der Waals surface area contributed by atoms with Crippen molar-refractivity contribution >= 4 is 38.9 Å². The molecule has 0 aliphatic carbocycles. The predicted octanol–water partition coefficient (Wildman–Crippen LogP) is 3.24. The maximum Gasteiger partial charge on any atom is 0.269 e. The Morgan fingerprint density at radius 1 is 0.941 bits per heavy atom. The van der Waals surface area contributed by atoms with Crippen molar-refractivity contribution in [3.63, 3.8) is 0 Å². The quantitative estimate of drug-likeness (QED) is 0.265. The molecular weight excluding hydrogens is 472 g/mol. The van der Waals surface area contributed by atoms with E-state index in [9.17, 15) is 13.2 Å². The van der Waals surface area contributed by atoms with Crippen LogP contribution in [0.1, 0.15) is 22.8 Å². The van der Waals surface area contributed by atoms with Gasteiger partial charge in [0.15, 0.2) is 5.11 Å². The lowest BCUT2D eigenvalue weighted by atomic mass is 10.1. The first-order valence-corrected chi connectivity index (χ1v) is 12.5. The van der Waals surface area contributed by atoms with Gasteiger partial charge in [0.2, 0.25) is 0 Å². The number of hydrazine groups is 1. The van der Waals surface area contributed by atoms with Crippen LogP contribution in [0.3, 0.4) is 0 Å². The summed E-state index contributed by atoms with van der Waals surface area (Å²) in [5, 5.41) is 3.29. The molecule has 3 aromatic carbocycles. The maximum absolute atomic E-state index is 12.7. The van der Waals surface area contributed by atoms with Gasteiger partial charge in [-0.15, -0.1) is 0 Å². The fraction of sp³-hybridized carbons (Fsp3) is 0.167. The lowest BCUT2D eigenvalue weighted by molar-refractivity contribution is 0.0943. The molecule has 10 heteroatoms. The van der Waals surface area contributed by atoms with Crippen molar-refractivity contribution in [2.75, 3.05) is 17.9 Å². The van der Waals surface area contributed by atoms with E-state index in [4.69, 9.17) is 17.0 Å². The number of benzene rings is 3. The Bertz CT molecular complexity index is 1220. The number of amides is 1. The van der Waals surface area contributed by atoms with Crippen LogP contribution in [0.15, 0.2) is 83.8 Å². The third-order valence-electron chi connectivity index (χ3n) is 4.65. The summed E-state index contributed by atoms with van der Waals surface area (Å²) in [6, 6.07) is 22.2. The van der Waals surface area contributed by atoms with Crippen molar-refractivity contribution in [1.82, 2.24) is 16.2 Å². The molecule has 0 aromatic heterocycles. The summed E-state index contributed by atoms with van der Waals surface area (Å²) in [7, 11) is -3.83. The van der Waals surface area contributed by atoms with E-state index in [0.29, 0.717) is 18.9 Å². The summed E-state index contributed by atoms with van der Waals surface area (Å²) in [4.78, 5) is 12.6. The Labute approximate surface area is 204 Å². The number of hydrogen-bond acceptors (Lipinski definition) is 5. The van der Waals surface area contributed by atoms with E-state index >= 15 is 0 Å². The van der Waals surface area contributed by atoms with Gasteiger partial charge < -0.3 is 10.1 Å². The Kier molecular flexibility index (Phi) is 8.83. The number of rotatable bonds is 9. The van der Waals surface area contributed by atoms with Crippen LogP contribution < -0.4 is 25.6 Å². The van der Waals surface area contributed by atoms with Gasteiger partial charge in [-0.2, -0.15) is 0 Å². The van der Waals surface area contributed by atoms with Crippen LogP contribution >= 0.6 is 12.2 Å². The molecule has 178 valence electrons. The first kappa shape index (κ1) is 25.0. The van der Waals surface area contributed by atoms with Crippen molar-refractivity contribution in [3.8, 4) is 5.75 Å². The summed E-state index contributed by atoms with van der Waals surface area (Å²) >= 11 is 5.18. The molecule has 34 heavy (non-hydrogen) atoms. The molecule has 0 unspecified atom stereocenters. The van der Waals surface area contributed by atoms with Gasteiger partial charge in [-0.05, 0) is 73.6 Å². The fourth-order valence-corrected chi connectivity index (χ4v) is 4.22. The average molecular weight is 499 g/mol. The predicted molar refractivity (Wildman–Crippen MR) is 136 cm³/mol. The Balaban J connectivity index is 1.52. The summed E-state index contributed by atoms with van der Waals surface area (Å²) in [5.74, 6) is 0.120. The number of carbonyl (C=O) groups is 1. The van der Waals surface area contributed by atoms with Crippen molar-refractivity contribution in [2.24, 2.45) is 0 Å². The van der Waals surface area contributed by atoms with E-state index in [1.54, 1.807) is 30.3 Å². The number of anilines is 1. The van der Waals surface area contributed by atoms with Crippen LogP contribution in [0.25, 0.3) is 0 Å². The van der Waals surface area contributed by atoms with Crippen LogP contribution in [0.4, 0.5) is 5.69 Å². The van der Waals surface area contributed by atoms with E-state index in [1.165, 1.54) is 23.8 Å². The summed E-state index contributed by atoms with van der Waals surface area (Å²) in [6.45, 7) is 2.94. The second kappa shape index (κ2) is 12.0. The first-order valence-electron chi connectivity index (χ1n) is 10.6. The smallest absolute Gasteiger partial charge is 0.269 e. The number of nitrogens with one attached hydrogen (secondary N) is 4. The zero-order valence-corrected chi connectivity index (χ0v) is 20.2. The monoisotopic (exact) mass is 498 g/mol. The molecule has 0 spiro atoms. The van der Waals surface area contributed by atoms with Gasteiger partial charge in [0, 0.05) is 17.8 Å². The molecule has 8 nitrogen and oxygen atoms in total. The Morgan fingerprint density at radius 2 is 1.68 bits per heavy atom. The molecule has 3 rings (SSSR count). The number of hydrogen-bond donors (Lipinski definition) is 4. The Morgan fingerprint density at radius 3 is 2.38 bits per heavy atom. The first-order chi connectivity index (χ1) is 16.4. The molecule has 0 atom stereocenters. The zero-order valence-electron chi connectivity index (χ0n) is 18.6. The van der Waals surface area contributed by atoms with Gasteiger partial charge >= 0.3 is 0 Å². The highest BCUT2D eigenvalue weighted by Crippen LogP contribution is 2.20. The van der Waals surface area contributed by atoms with Crippen LogP contribution in [-0.4, -0.2) is 32.6 Å². The van der Waals surface area contributed by atoms with Gasteiger partial charge in [0.05, 0.1) is 11.5 Å². The fourth-order valence-electron chi connectivity index (χ4n) is 3.01. The molecule has 0 radical (unpaired) electrons. The molecule has 3 aromatic rings. The van der Waals surface area contributed by atoms with Gasteiger partial charge in [0.25, 0.3) is 15.9 Å². The summed E-state index contributed by atoms with van der Waals surface area (Å²) in [6.07, 6.45) is 0.785. The minimum absolute atomic E-state index is 0.0828. The number of carbonyl (C=O) groups excluding carboxylic acids is 1. The van der Waals surface area contributed by atoms with Gasteiger partial charge in [-0.25, -0.2) is 8.42 Å². The lowest BCUT2D eigenvalue weighted by Crippen LogP contribution is -2.47. The van der Waals surface area contributed by atoms with Crippen LogP contribution in [-0.2, 0) is 16.4 Å². The SMILES string of the molecule is CCOc1ccc(S(=O)(=O)Nc2cccc(C(=O)NNC(=S)NCCc3ccccc3)c2)cc1. The van der Waals surface area contributed by atoms with Gasteiger partial charge in [0.1, 0.15) is 5.75 Å². The largest absolute Gasteiger partial charge is 0.494 e. The highest BCUT2D eigenvalue weighted by atomic mass is 32.2. The van der Waals surface area contributed by atoms with E-state index < -0.39 is 15.9 Å². The second-order valence-corrected chi connectivity index (χ2v) is 9.25. The maximum atomic E-state index is 12.7. The molecular formula is C24H26N4O4S2. The van der Waals surface area contributed by atoms with Gasteiger partial charge in [-0.3, -0.25) is 20.4 Å². The molecule has 1 amide bonds. The van der Waals surface area contributed by atoms with Crippen LogP contribution in [0.2, 0.25) is 0 Å². The Hall–Kier alpha value is -3.63. The molecule has 0 bridgehead atoms. The number of thiocarbonyl (C=S) groups is 1. The van der Waals surface area contributed by atoms with Gasteiger partial charge in [-0.1, -0.05) is 36.4 Å². The zero-order chi connectivity index (χ0) is 24.4. The minimum atomic E-state index is -3.83. The minimum Gasteiger partial charge on any atom is -0.494 e. The molecule has 4 N–H and O–H groups in total. The van der Waals surface area contributed by atoms with E-state index in [0.717, 1.165) is 6.42 Å². The highest BCUT2D eigenvalue weighted by Gasteiger charge is 2.15. The van der Waals surface area contributed by atoms with Crippen LogP contribution in [0.5, 0.6) is 5.75 Å². The number of sulfonamides is 1. The third-order valence-corrected chi connectivity index (χ3v) is 6.30. The topological polar surface area (TPSA) is 109 Å². The highest BCUT2D eigenvalue weighted by molar-refractivity contribution is 7.92. The van der Waals surface area contributed by atoms with E-state index in [-0.39, 0.29) is 21.3 Å². The molecule has 0 heterocycles. The van der Waals surface area contributed by atoms with Crippen molar-refractivity contribution in [3.05, 3.63) is 90.0 Å². The van der Waals surface area contributed by atoms with E-state index in [1.807, 2.05) is 37.3 Å². The third kappa shape index (κ3) is 7.46. The summed E-state index contributed by atoms with van der Waals surface area (Å²) in [5.41, 5.74) is 6.83. The van der Waals surface area contributed by atoms with Crippen molar-refractivity contribution in [1.29, 1.82) is 0 Å². The van der Waals surface area contributed by atoms with Crippen molar-refractivity contribution < 1.29 is 17.9 Å². The standard InChI is InChI=1S/C24H26N4O4S2/c1-2-32-21-11-13-22(14-12-21)34(30,31)28-20-10-6-9-19(17-20)23(29)26-27-24(33)25-16-15-18-7-4-3-5-8-18/h3-14,17,28H,2,15-16H2,1H3,(H,26,29)(H2,25,27,33). The van der Waals surface area contributed by atoms with Crippen molar-refractivity contribution in [2.45, 2.75) is 18.2 Å². The average Bonchev–Trinajstić information content (AvgIpc) is 2.84. The molecule has 0 saturated heterocycles. The summed E-state index contributed by atoms with van der Waals surface area (Å²) < 4.78 is 33.2. The molecule has 0 aliphatic rings. The normalized spacial score (nSPS) is 10.7. The molecule has 0 saturated carbocycles. The second-order valence-electron chi connectivity index (χ2n) is 7.16. The lowest BCUT2D eigenvalue weighted by Gasteiger charge is -2.13. The van der Waals surface area contributed by atoms with Crippen LogP contribution in [0, 0.1) is 0 Å². The molecule has 0 aliphatic heterocycles.